The van der Waals surface area contributed by atoms with E-state index in [4.69, 9.17) is 24.2 Å². The van der Waals surface area contributed by atoms with Crippen LogP contribution in [0.25, 0.3) is 11.4 Å². The van der Waals surface area contributed by atoms with Crippen molar-refractivity contribution in [2.75, 3.05) is 39.5 Å². The van der Waals surface area contributed by atoms with E-state index >= 15 is 0 Å². The lowest BCUT2D eigenvalue weighted by Gasteiger charge is -2.26. The van der Waals surface area contributed by atoms with Gasteiger partial charge in [-0.3, -0.25) is 4.90 Å². The quantitative estimate of drug-likeness (QED) is 0.498. The van der Waals surface area contributed by atoms with Crippen LogP contribution in [0.1, 0.15) is 32.0 Å². The summed E-state index contributed by atoms with van der Waals surface area (Å²) in [6, 6.07) is 20.0. The molecule has 2 aromatic carbocycles. The Morgan fingerprint density at radius 3 is 2.33 bits per heavy atom. The third kappa shape index (κ3) is 6.76. The highest BCUT2D eigenvalue weighted by molar-refractivity contribution is 5.57. The zero-order valence-corrected chi connectivity index (χ0v) is 19.8. The molecule has 6 nitrogen and oxygen atoms in total. The van der Waals surface area contributed by atoms with Gasteiger partial charge in [0.25, 0.3) is 0 Å². The maximum Gasteiger partial charge on any atom is 0.217 e. The SMILES string of the molecule is CC(C)(C)c1cc(OCc2ccccc2)nc(-c2ccc(OCCN3CCOCC3)cc2)n1. The molecule has 0 N–H and O–H groups in total. The van der Waals surface area contributed by atoms with E-state index in [0.29, 0.717) is 24.9 Å². The van der Waals surface area contributed by atoms with E-state index in [0.717, 1.165) is 55.4 Å². The largest absolute Gasteiger partial charge is 0.492 e. The summed E-state index contributed by atoms with van der Waals surface area (Å²) in [6.07, 6.45) is 0. The Morgan fingerprint density at radius 1 is 0.909 bits per heavy atom. The van der Waals surface area contributed by atoms with E-state index in [1.165, 1.54) is 0 Å². The van der Waals surface area contributed by atoms with Crippen LogP contribution in [0.4, 0.5) is 0 Å². The van der Waals surface area contributed by atoms with Gasteiger partial charge < -0.3 is 14.2 Å². The van der Waals surface area contributed by atoms with Gasteiger partial charge in [0.15, 0.2) is 5.82 Å². The second-order valence-corrected chi connectivity index (χ2v) is 9.27. The second kappa shape index (κ2) is 10.8. The zero-order chi connectivity index (χ0) is 23.1. The molecule has 1 aliphatic rings. The molecule has 1 aromatic heterocycles. The van der Waals surface area contributed by atoms with Crippen LogP contribution in [-0.4, -0.2) is 54.3 Å². The zero-order valence-electron chi connectivity index (χ0n) is 19.8. The van der Waals surface area contributed by atoms with Gasteiger partial charge in [-0.15, -0.1) is 0 Å². The summed E-state index contributed by atoms with van der Waals surface area (Å²) in [4.78, 5) is 11.9. The molecule has 0 atom stereocenters. The highest BCUT2D eigenvalue weighted by atomic mass is 16.5. The maximum atomic E-state index is 6.04. The van der Waals surface area contributed by atoms with Gasteiger partial charge in [-0.25, -0.2) is 4.98 Å². The lowest BCUT2D eigenvalue weighted by Crippen LogP contribution is -2.38. The van der Waals surface area contributed by atoms with Gasteiger partial charge in [-0.2, -0.15) is 4.98 Å². The summed E-state index contributed by atoms with van der Waals surface area (Å²) in [5.41, 5.74) is 2.87. The number of hydrogen-bond acceptors (Lipinski definition) is 6. The van der Waals surface area contributed by atoms with Crippen LogP contribution in [0, 0.1) is 0 Å². The highest BCUT2D eigenvalue weighted by Crippen LogP contribution is 2.28. The van der Waals surface area contributed by atoms with Crippen molar-refractivity contribution in [1.29, 1.82) is 0 Å². The molecule has 0 bridgehead atoms. The standard InChI is InChI=1S/C27H33N3O3/c1-27(2,3)24-19-25(33-20-21-7-5-4-6-8-21)29-26(28-24)22-9-11-23(12-10-22)32-18-15-30-13-16-31-17-14-30/h4-12,19H,13-18,20H2,1-3H3. The minimum Gasteiger partial charge on any atom is -0.492 e. The van der Waals surface area contributed by atoms with Gasteiger partial charge in [0.1, 0.15) is 19.0 Å². The normalized spacial score (nSPS) is 14.8. The van der Waals surface area contributed by atoms with Gasteiger partial charge in [-0.05, 0) is 29.8 Å². The summed E-state index contributed by atoms with van der Waals surface area (Å²) in [5, 5.41) is 0. The predicted molar refractivity (Wildman–Crippen MR) is 130 cm³/mol. The molecule has 0 saturated carbocycles. The summed E-state index contributed by atoms with van der Waals surface area (Å²) < 4.78 is 17.4. The van der Waals surface area contributed by atoms with Crippen molar-refractivity contribution < 1.29 is 14.2 Å². The Labute approximate surface area is 196 Å². The van der Waals surface area contributed by atoms with Crippen molar-refractivity contribution >= 4 is 0 Å². The number of ether oxygens (including phenoxy) is 3. The van der Waals surface area contributed by atoms with Crippen molar-refractivity contribution in [1.82, 2.24) is 14.9 Å². The van der Waals surface area contributed by atoms with Crippen LogP contribution in [0.2, 0.25) is 0 Å². The maximum absolute atomic E-state index is 6.04. The first kappa shape index (κ1) is 23.2. The summed E-state index contributed by atoms with van der Waals surface area (Å²) in [7, 11) is 0. The molecule has 0 spiro atoms. The lowest BCUT2D eigenvalue weighted by molar-refractivity contribution is 0.0322. The molecule has 0 amide bonds. The van der Waals surface area contributed by atoms with Crippen molar-refractivity contribution in [3.63, 3.8) is 0 Å². The molecule has 33 heavy (non-hydrogen) atoms. The minimum atomic E-state index is -0.120. The number of nitrogens with zero attached hydrogens (tertiary/aromatic N) is 3. The smallest absolute Gasteiger partial charge is 0.217 e. The number of hydrogen-bond donors (Lipinski definition) is 0. The van der Waals surface area contributed by atoms with Crippen LogP contribution < -0.4 is 9.47 Å². The van der Waals surface area contributed by atoms with E-state index in [1.807, 2.05) is 60.7 Å². The van der Waals surface area contributed by atoms with Gasteiger partial charge in [0.2, 0.25) is 5.88 Å². The molecule has 0 unspecified atom stereocenters. The first-order chi connectivity index (χ1) is 16.0. The molecule has 3 aromatic rings. The number of rotatable bonds is 8. The number of benzene rings is 2. The van der Waals surface area contributed by atoms with Crippen molar-refractivity contribution in [3.8, 4) is 23.0 Å². The molecule has 4 rings (SSSR count). The molecule has 0 aliphatic carbocycles. The van der Waals surface area contributed by atoms with E-state index in [1.54, 1.807) is 0 Å². The molecule has 6 heteroatoms. The van der Waals surface area contributed by atoms with E-state index in [-0.39, 0.29) is 5.41 Å². The fraction of sp³-hybridized carbons (Fsp3) is 0.407. The van der Waals surface area contributed by atoms with Crippen LogP contribution in [0.5, 0.6) is 11.6 Å². The monoisotopic (exact) mass is 447 g/mol. The molecule has 1 saturated heterocycles. The predicted octanol–water partition coefficient (Wildman–Crippen LogP) is 4.73. The van der Waals surface area contributed by atoms with Crippen molar-refractivity contribution in [3.05, 3.63) is 71.9 Å². The number of aromatic nitrogens is 2. The van der Waals surface area contributed by atoms with Gasteiger partial charge in [-0.1, -0.05) is 51.1 Å². The molecule has 2 heterocycles. The lowest BCUT2D eigenvalue weighted by atomic mass is 9.92. The topological polar surface area (TPSA) is 56.7 Å². The van der Waals surface area contributed by atoms with Gasteiger partial charge in [0.05, 0.1) is 18.9 Å². The van der Waals surface area contributed by atoms with Gasteiger partial charge >= 0.3 is 0 Å². The average molecular weight is 448 g/mol. The Morgan fingerprint density at radius 2 is 1.64 bits per heavy atom. The summed E-state index contributed by atoms with van der Waals surface area (Å²) in [6.45, 7) is 12.0. The van der Waals surface area contributed by atoms with Crippen molar-refractivity contribution in [2.45, 2.75) is 32.8 Å². The Hall–Kier alpha value is -2.96. The summed E-state index contributed by atoms with van der Waals surface area (Å²) in [5.74, 6) is 2.09. The molecule has 1 aliphatic heterocycles. The number of morpholine rings is 1. The van der Waals surface area contributed by atoms with Crippen LogP contribution in [-0.2, 0) is 16.8 Å². The molecular weight excluding hydrogens is 414 g/mol. The average Bonchev–Trinajstić information content (AvgIpc) is 2.84. The van der Waals surface area contributed by atoms with Crippen LogP contribution in [0.15, 0.2) is 60.7 Å². The van der Waals surface area contributed by atoms with Crippen molar-refractivity contribution in [2.24, 2.45) is 0 Å². The van der Waals surface area contributed by atoms with Crippen LogP contribution in [0.3, 0.4) is 0 Å². The van der Waals surface area contributed by atoms with Crippen LogP contribution >= 0.6 is 0 Å². The minimum absolute atomic E-state index is 0.120. The highest BCUT2D eigenvalue weighted by Gasteiger charge is 2.19. The summed E-state index contributed by atoms with van der Waals surface area (Å²) >= 11 is 0. The Bertz CT molecular complexity index is 1010. The second-order valence-electron chi connectivity index (χ2n) is 9.27. The molecule has 174 valence electrons. The Balaban J connectivity index is 1.44. The Kier molecular flexibility index (Phi) is 7.57. The first-order valence-electron chi connectivity index (χ1n) is 11.6. The molecular formula is C27H33N3O3. The molecule has 1 fully saturated rings. The fourth-order valence-corrected chi connectivity index (χ4v) is 3.56. The first-order valence-corrected chi connectivity index (χ1v) is 11.6. The third-order valence-corrected chi connectivity index (χ3v) is 5.59. The fourth-order valence-electron chi connectivity index (χ4n) is 3.56. The van der Waals surface area contributed by atoms with E-state index in [9.17, 15) is 0 Å². The van der Waals surface area contributed by atoms with Gasteiger partial charge in [0, 0.05) is 36.7 Å². The van der Waals surface area contributed by atoms with E-state index < -0.39 is 0 Å². The third-order valence-electron chi connectivity index (χ3n) is 5.59. The molecule has 0 radical (unpaired) electrons. The van der Waals surface area contributed by atoms with E-state index in [2.05, 4.69) is 25.7 Å².